The highest BCUT2D eigenvalue weighted by Crippen LogP contribution is 2.07. The summed E-state index contributed by atoms with van der Waals surface area (Å²) in [7, 11) is 0. The summed E-state index contributed by atoms with van der Waals surface area (Å²) in [4.78, 5) is 105. The summed E-state index contributed by atoms with van der Waals surface area (Å²) in [5, 5.41) is 44.9. The molecule has 1 aromatic carbocycles. The maximum Gasteiger partial charge on any atom is 0.326 e. The Kier molecular flexibility index (Phi) is 41.2. The molecule has 1 rings (SSSR count). The Bertz CT molecular complexity index is 1600. The number of amides is 7. The Labute approximate surface area is 399 Å². The highest BCUT2D eigenvalue weighted by Gasteiger charge is 2.25. The summed E-state index contributed by atoms with van der Waals surface area (Å²) in [5.41, 5.74) is 0.796. The minimum absolute atomic E-state index is 0.0931. The average molecular weight is 972 g/mol. The first-order chi connectivity index (χ1) is 32.7. The first-order valence-electron chi connectivity index (χ1n) is 23.2. The zero-order chi connectivity index (χ0) is 51.4. The lowest BCUT2D eigenvalue weighted by Crippen LogP contribution is -2.51. The number of carbonyl (C=O) groups is 9. The van der Waals surface area contributed by atoms with E-state index in [1.807, 2.05) is 33.0 Å². The summed E-state index contributed by atoms with van der Waals surface area (Å²) in [6.45, 7) is 13.8. The number of urea groups is 1. The van der Waals surface area contributed by atoms with Crippen LogP contribution in [0, 0.1) is 0 Å². The lowest BCUT2D eigenvalue weighted by Gasteiger charge is -2.18. The highest BCUT2D eigenvalue weighted by atomic mass is 16.5. The highest BCUT2D eigenvalue weighted by molar-refractivity contribution is 5.97. The van der Waals surface area contributed by atoms with E-state index in [0.717, 1.165) is 19.3 Å². The molecule has 7 amide bonds. The number of nitrogens with one attached hydrogen (secondary N) is 7. The smallest absolute Gasteiger partial charge is 0.326 e. The second-order valence-corrected chi connectivity index (χ2v) is 14.1. The Morgan fingerprint density at radius 3 is 1.25 bits per heavy atom. The standard InChI is InChI=1S/C41H65N7O16.2C2H6/c1-29(49)42-17-21-61-25-27-63-23-19-45-37(54)30-8-10-31(11-9-30)38(55)46-20-24-64-28-26-62-22-18-44-34(50)7-5-3-2-4-6-16-43-35(51)14-12-32(39(56)57)47-41(60)48-33(40(58)59)13-15-36(52)53;2*1-2/h8-11,32-33H,2-7,12-28H2,1H3,(H,42,49)(H,43,51)(H,44,50)(H,45,54)(H,46,55)(H,52,53)(H,56,57)(H,58,59)(H2,47,48,60);2*1-2H3. The number of ether oxygens (including phenoxy) is 4. The Morgan fingerprint density at radius 2 is 0.824 bits per heavy atom. The van der Waals surface area contributed by atoms with Gasteiger partial charge in [0.05, 0.1) is 52.9 Å². The van der Waals surface area contributed by atoms with E-state index in [0.29, 0.717) is 103 Å². The van der Waals surface area contributed by atoms with Gasteiger partial charge in [-0.3, -0.25) is 28.8 Å². The van der Waals surface area contributed by atoms with E-state index in [2.05, 4.69) is 31.9 Å². The van der Waals surface area contributed by atoms with Gasteiger partial charge in [0.1, 0.15) is 12.1 Å². The quantitative estimate of drug-likeness (QED) is 0.0423. The SMILES string of the molecule is CC.CC.CC(=O)NCCOCCOCCNC(=O)c1ccc(C(=O)NCCOCCOCCNC(=O)CCCCCCCNC(=O)CCC(NC(=O)NC(CCC(=O)O)C(=O)O)C(=O)O)cc1. The van der Waals surface area contributed by atoms with Crippen molar-refractivity contribution in [2.24, 2.45) is 0 Å². The van der Waals surface area contributed by atoms with Crippen molar-refractivity contribution in [3.05, 3.63) is 35.4 Å². The Balaban J connectivity index is 0. The zero-order valence-electron chi connectivity index (χ0n) is 40.4. The van der Waals surface area contributed by atoms with E-state index in [9.17, 15) is 48.3 Å². The number of rotatable bonds is 38. The fourth-order valence-corrected chi connectivity index (χ4v) is 5.42. The molecule has 0 aliphatic rings. The molecular weight excluding hydrogens is 895 g/mol. The van der Waals surface area contributed by atoms with E-state index < -0.39 is 54.8 Å². The third-order valence-corrected chi connectivity index (χ3v) is 8.82. The van der Waals surface area contributed by atoms with Gasteiger partial charge in [0, 0.05) is 70.0 Å². The van der Waals surface area contributed by atoms with Crippen LogP contribution in [-0.4, -0.2) is 166 Å². The molecule has 0 fully saturated rings. The number of hydrogen-bond donors (Lipinski definition) is 10. The molecule has 0 saturated heterocycles. The molecular formula is C45H77N7O16. The van der Waals surface area contributed by atoms with Crippen molar-refractivity contribution in [2.75, 3.05) is 85.6 Å². The van der Waals surface area contributed by atoms with Gasteiger partial charge >= 0.3 is 23.9 Å². The van der Waals surface area contributed by atoms with Gasteiger partial charge in [-0.2, -0.15) is 0 Å². The fraction of sp³-hybridized carbons (Fsp3) is 0.667. The summed E-state index contributed by atoms with van der Waals surface area (Å²) < 4.78 is 21.7. The summed E-state index contributed by atoms with van der Waals surface area (Å²) in [6.07, 6.45) is 2.80. The van der Waals surface area contributed by atoms with Gasteiger partial charge in [-0.1, -0.05) is 47.0 Å². The van der Waals surface area contributed by atoms with E-state index >= 15 is 0 Å². The van der Waals surface area contributed by atoms with Crippen LogP contribution in [0.4, 0.5) is 4.79 Å². The molecule has 23 nitrogen and oxygen atoms in total. The molecule has 1 aromatic rings. The van der Waals surface area contributed by atoms with Gasteiger partial charge in [-0.15, -0.1) is 0 Å². The van der Waals surface area contributed by atoms with Gasteiger partial charge in [-0.05, 0) is 49.9 Å². The van der Waals surface area contributed by atoms with Gasteiger partial charge in [0.25, 0.3) is 11.8 Å². The first kappa shape index (κ1) is 64.2. The molecule has 2 atom stereocenters. The topological polar surface area (TPSA) is 335 Å². The molecule has 10 N–H and O–H groups in total. The van der Waals surface area contributed by atoms with Gasteiger partial charge in [-0.25, -0.2) is 14.4 Å². The van der Waals surface area contributed by atoms with E-state index in [1.54, 1.807) is 24.3 Å². The maximum atomic E-state index is 12.4. The van der Waals surface area contributed by atoms with Crippen molar-refractivity contribution < 1.29 is 77.4 Å². The number of aliphatic carboxylic acids is 3. The normalized spacial score (nSPS) is 11.1. The van der Waals surface area contributed by atoms with Crippen molar-refractivity contribution in [3.8, 4) is 0 Å². The van der Waals surface area contributed by atoms with Crippen LogP contribution in [0.25, 0.3) is 0 Å². The van der Waals surface area contributed by atoms with E-state index in [4.69, 9.17) is 29.2 Å². The number of hydrogen-bond acceptors (Lipinski definition) is 13. The molecule has 68 heavy (non-hydrogen) atoms. The van der Waals surface area contributed by atoms with Gasteiger partial charge in [0.2, 0.25) is 17.7 Å². The van der Waals surface area contributed by atoms with Crippen molar-refractivity contribution in [2.45, 2.75) is 111 Å². The van der Waals surface area contributed by atoms with Crippen molar-refractivity contribution in [3.63, 3.8) is 0 Å². The second kappa shape index (κ2) is 43.6. The number of carboxylic acids is 3. The summed E-state index contributed by atoms with van der Waals surface area (Å²) in [6, 6.07) is 2.12. The van der Waals surface area contributed by atoms with Crippen LogP contribution < -0.4 is 37.2 Å². The molecule has 0 aromatic heterocycles. The predicted octanol–water partition coefficient (Wildman–Crippen LogP) is 1.82. The number of unbranched alkanes of at least 4 members (excludes halogenated alkanes) is 4. The van der Waals surface area contributed by atoms with Crippen LogP contribution >= 0.6 is 0 Å². The molecule has 0 radical (unpaired) electrons. The molecule has 388 valence electrons. The lowest BCUT2D eigenvalue weighted by atomic mass is 10.1. The van der Waals surface area contributed by atoms with E-state index in [-0.39, 0.29) is 49.6 Å². The first-order valence-corrected chi connectivity index (χ1v) is 23.2. The molecule has 0 aliphatic carbocycles. The van der Waals surface area contributed by atoms with Crippen LogP contribution in [0.15, 0.2) is 24.3 Å². The third kappa shape index (κ3) is 37.2. The third-order valence-electron chi connectivity index (χ3n) is 8.82. The van der Waals surface area contributed by atoms with Crippen LogP contribution in [-0.2, 0) is 47.7 Å². The monoisotopic (exact) mass is 972 g/mol. The Morgan fingerprint density at radius 1 is 0.456 bits per heavy atom. The molecule has 0 spiro atoms. The predicted molar refractivity (Wildman–Crippen MR) is 250 cm³/mol. The molecule has 0 aliphatic heterocycles. The maximum absolute atomic E-state index is 12.4. The van der Waals surface area contributed by atoms with Crippen molar-refractivity contribution in [1.29, 1.82) is 0 Å². The minimum atomic E-state index is -1.53. The van der Waals surface area contributed by atoms with E-state index in [1.165, 1.54) is 6.92 Å². The van der Waals surface area contributed by atoms with Crippen LogP contribution in [0.5, 0.6) is 0 Å². The average Bonchev–Trinajstić information content (AvgIpc) is 3.31. The van der Waals surface area contributed by atoms with Gasteiger partial charge in [0.15, 0.2) is 0 Å². The molecule has 23 heteroatoms. The zero-order valence-corrected chi connectivity index (χ0v) is 40.4. The molecule has 0 saturated carbocycles. The number of carboxylic acid groups (broad SMARTS) is 3. The van der Waals surface area contributed by atoms with Crippen LogP contribution in [0.2, 0.25) is 0 Å². The summed E-state index contributed by atoms with van der Waals surface area (Å²) >= 11 is 0. The van der Waals surface area contributed by atoms with Crippen LogP contribution in [0.3, 0.4) is 0 Å². The van der Waals surface area contributed by atoms with Crippen molar-refractivity contribution in [1.82, 2.24) is 37.2 Å². The second-order valence-electron chi connectivity index (χ2n) is 14.1. The minimum Gasteiger partial charge on any atom is -0.481 e. The number of benzene rings is 1. The Hall–Kier alpha value is -5.91. The van der Waals surface area contributed by atoms with Crippen molar-refractivity contribution >= 4 is 53.5 Å². The fourth-order valence-electron chi connectivity index (χ4n) is 5.42. The molecule has 2 unspecified atom stereocenters. The van der Waals surface area contributed by atoms with Gasteiger partial charge < -0.3 is 71.5 Å². The number of carbonyl (C=O) groups excluding carboxylic acids is 6. The summed E-state index contributed by atoms with van der Waals surface area (Å²) in [5.74, 6) is -5.39. The molecule has 0 heterocycles. The largest absolute Gasteiger partial charge is 0.481 e. The van der Waals surface area contributed by atoms with Crippen LogP contribution in [0.1, 0.15) is 120 Å². The lowest BCUT2D eigenvalue weighted by molar-refractivity contribution is -0.141. The molecule has 0 bridgehead atoms.